The van der Waals surface area contributed by atoms with Crippen LogP contribution in [0.3, 0.4) is 0 Å². The lowest BCUT2D eigenvalue weighted by Crippen LogP contribution is -2.06. The number of anilines is 1. The molecule has 0 aliphatic heterocycles. The lowest BCUT2D eigenvalue weighted by molar-refractivity contribution is 0.476. The molecule has 2 aromatic rings. The highest BCUT2D eigenvalue weighted by molar-refractivity contribution is 6.37. The molecule has 19 heavy (non-hydrogen) atoms. The second kappa shape index (κ2) is 5.68. The van der Waals surface area contributed by atoms with Crippen molar-refractivity contribution in [2.75, 3.05) is 5.32 Å². The third-order valence-electron chi connectivity index (χ3n) is 2.75. The van der Waals surface area contributed by atoms with Gasteiger partial charge in [0.1, 0.15) is 5.82 Å². The summed E-state index contributed by atoms with van der Waals surface area (Å²) in [6.45, 7) is 1.89. The second-order valence-electron chi connectivity index (χ2n) is 4.21. The summed E-state index contributed by atoms with van der Waals surface area (Å²) in [5.41, 5.74) is 1.46. The van der Waals surface area contributed by atoms with Crippen LogP contribution in [-0.4, -0.2) is 5.11 Å². The number of benzene rings is 2. The molecule has 2 nitrogen and oxygen atoms in total. The van der Waals surface area contributed by atoms with Gasteiger partial charge in [-0.25, -0.2) is 4.39 Å². The van der Waals surface area contributed by atoms with Crippen molar-refractivity contribution >= 4 is 28.9 Å². The average Bonchev–Trinajstić information content (AvgIpc) is 2.36. The third-order valence-corrected chi connectivity index (χ3v) is 3.32. The quantitative estimate of drug-likeness (QED) is 0.781. The van der Waals surface area contributed by atoms with E-state index in [1.807, 2.05) is 13.0 Å². The summed E-state index contributed by atoms with van der Waals surface area (Å²) in [5.74, 6) is -0.430. The number of aromatic hydroxyl groups is 1. The molecule has 0 heterocycles. The Morgan fingerprint density at radius 2 is 1.79 bits per heavy atom. The molecule has 0 radical (unpaired) electrons. The molecule has 100 valence electrons. The van der Waals surface area contributed by atoms with E-state index in [4.69, 9.17) is 23.2 Å². The number of hydrogen-bond donors (Lipinski definition) is 2. The number of nitrogens with one attached hydrogen (secondary N) is 1. The molecule has 5 heteroatoms. The molecule has 0 spiro atoms. The Morgan fingerprint density at radius 3 is 2.37 bits per heavy atom. The zero-order valence-corrected chi connectivity index (χ0v) is 11.6. The lowest BCUT2D eigenvalue weighted by atomic mass is 10.1. The number of phenols is 1. The maximum atomic E-state index is 13.1. The van der Waals surface area contributed by atoms with Crippen molar-refractivity contribution in [2.45, 2.75) is 13.0 Å². The Morgan fingerprint density at radius 1 is 1.16 bits per heavy atom. The molecule has 1 atom stereocenters. The zero-order valence-electron chi connectivity index (χ0n) is 10.1. The molecule has 1 unspecified atom stereocenters. The highest BCUT2D eigenvalue weighted by Crippen LogP contribution is 2.35. The van der Waals surface area contributed by atoms with Crippen molar-refractivity contribution in [3.63, 3.8) is 0 Å². The topological polar surface area (TPSA) is 32.3 Å². The van der Waals surface area contributed by atoms with Crippen molar-refractivity contribution in [1.29, 1.82) is 0 Å². The fraction of sp³-hybridized carbons (Fsp3) is 0.143. The molecule has 0 saturated heterocycles. The van der Waals surface area contributed by atoms with Crippen LogP contribution in [0.2, 0.25) is 10.0 Å². The predicted octanol–water partition coefficient (Wildman–Crippen LogP) is 5.01. The molecule has 0 fully saturated rings. The van der Waals surface area contributed by atoms with Crippen LogP contribution in [0.1, 0.15) is 18.5 Å². The van der Waals surface area contributed by atoms with E-state index in [-0.39, 0.29) is 27.7 Å². The van der Waals surface area contributed by atoms with Crippen LogP contribution < -0.4 is 5.32 Å². The lowest BCUT2D eigenvalue weighted by Gasteiger charge is -2.16. The van der Waals surface area contributed by atoms with E-state index in [0.717, 1.165) is 5.56 Å². The number of hydrogen-bond acceptors (Lipinski definition) is 2. The van der Waals surface area contributed by atoms with Gasteiger partial charge in [-0.2, -0.15) is 0 Å². The van der Waals surface area contributed by atoms with Gasteiger partial charge in [0.05, 0.1) is 10.0 Å². The minimum Gasteiger partial charge on any atom is -0.505 e. The summed E-state index contributed by atoms with van der Waals surface area (Å²) >= 11 is 11.7. The van der Waals surface area contributed by atoms with Crippen molar-refractivity contribution < 1.29 is 9.50 Å². The van der Waals surface area contributed by atoms with E-state index >= 15 is 0 Å². The van der Waals surface area contributed by atoms with Gasteiger partial charge < -0.3 is 10.4 Å². The molecule has 0 aromatic heterocycles. The van der Waals surface area contributed by atoms with Crippen LogP contribution in [0, 0.1) is 5.82 Å². The van der Waals surface area contributed by atoms with E-state index in [1.165, 1.54) is 12.1 Å². The minimum absolute atomic E-state index is 0.118. The second-order valence-corrected chi connectivity index (χ2v) is 5.02. The van der Waals surface area contributed by atoms with Crippen molar-refractivity contribution in [2.24, 2.45) is 0 Å². The average molecular weight is 300 g/mol. The Labute approximate surface area is 120 Å². The molecule has 0 saturated carbocycles. The highest BCUT2D eigenvalue weighted by Gasteiger charge is 2.10. The van der Waals surface area contributed by atoms with Crippen LogP contribution in [0.25, 0.3) is 0 Å². The summed E-state index contributed by atoms with van der Waals surface area (Å²) in [4.78, 5) is 0. The zero-order chi connectivity index (χ0) is 14.0. The fourth-order valence-electron chi connectivity index (χ4n) is 1.76. The Balaban J connectivity index is 2.21. The van der Waals surface area contributed by atoms with Gasteiger partial charge in [0, 0.05) is 11.7 Å². The summed E-state index contributed by atoms with van der Waals surface area (Å²) in [5, 5.41) is 13.0. The van der Waals surface area contributed by atoms with Gasteiger partial charge in [-0.3, -0.25) is 0 Å². The molecule has 2 N–H and O–H groups in total. The Bertz CT molecular complexity index is 581. The minimum atomic E-state index is -0.284. The maximum absolute atomic E-state index is 13.1. The first-order valence-electron chi connectivity index (χ1n) is 5.67. The van der Waals surface area contributed by atoms with E-state index < -0.39 is 0 Å². The smallest absolute Gasteiger partial charge is 0.152 e. The van der Waals surface area contributed by atoms with Crippen molar-refractivity contribution in [3.8, 4) is 5.75 Å². The van der Waals surface area contributed by atoms with Gasteiger partial charge in [-0.05, 0) is 36.8 Å². The van der Waals surface area contributed by atoms with E-state index in [0.29, 0.717) is 5.69 Å². The summed E-state index contributed by atoms with van der Waals surface area (Å²) < 4.78 is 13.1. The first-order valence-corrected chi connectivity index (χ1v) is 6.43. The standard InChI is InChI=1S/C14H12Cl2FNO/c1-8(9-3-2-4-10(17)5-9)18-11-6-12(15)14(19)13(16)7-11/h2-8,18-19H,1H3. The number of phenolic OH excluding ortho intramolecular Hbond substituents is 1. The predicted molar refractivity (Wildman–Crippen MR) is 76.6 cm³/mol. The van der Waals surface area contributed by atoms with Gasteiger partial charge in [-0.1, -0.05) is 35.3 Å². The molecular weight excluding hydrogens is 288 g/mol. The van der Waals surface area contributed by atoms with Crippen LogP contribution in [-0.2, 0) is 0 Å². The molecule has 0 aliphatic rings. The third kappa shape index (κ3) is 3.31. The number of halogens is 3. The normalized spacial score (nSPS) is 12.2. The van der Waals surface area contributed by atoms with Crippen molar-refractivity contribution in [1.82, 2.24) is 0 Å². The Hall–Kier alpha value is -1.45. The molecule has 0 bridgehead atoms. The number of rotatable bonds is 3. The van der Waals surface area contributed by atoms with Crippen LogP contribution in [0.5, 0.6) is 5.75 Å². The molecule has 0 aliphatic carbocycles. The monoisotopic (exact) mass is 299 g/mol. The molecule has 0 amide bonds. The first kappa shape index (κ1) is 14.0. The van der Waals surface area contributed by atoms with Crippen LogP contribution in [0.4, 0.5) is 10.1 Å². The molecule has 2 rings (SSSR count). The van der Waals surface area contributed by atoms with Crippen LogP contribution in [0.15, 0.2) is 36.4 Å². The van der Waals surface area contributed by atoms with Crippen molar-refractivity contribution in [3.05, 3.63) is 57.8 Å². The summed E-state index contributed by atoms with van der Waals surface area (Å²) in [6, 6.07) is 9.35. The molecular formula is C14H12Cl2FNO. The summed E-state index contributed by atoms with van der Waals surface area (Å²) in [6.07, 6.45) is 0. The van der Waals surface area contributed by atoms with Gasteiger partial charge in [0.2, 0.25) is 0 Å². The van der Waals surface area contributed by atoms with Crippen LogP contribution >= 0.6 is 23.2 Å². The summed E-state index contributed by atoms with van der Waals surface area (Å²) in [7, 11) is 0. The van der Waals surface area contributed by atoms with E-state index in [2.05, 4.69) is 5.32 Å². The first-order chi connectivity index (χ1) is 8.97. The van der Waals surface area contributed by atoms with Gasteiger partial charge in [0.25, 0.3) is 0 Å². The van der Waals surface area contributed by atoms with E-state index in [1.54, 1.807) is 18.2 Å². The molecule has 2 aromatic carbocycles. The van der Waals surface area contributed by atoms with Gasteiger partial charge >= 0.3 is 0 Å². The fourth-order valence-corrected chi connectivity index (χ4v) is 2.25. The SMILES string of the molecule is CC(Nc1cc(Cl)c(O)c(Cl)c1)c1cccc(F)c1. The van der Waals surface area contributed by atoms with Gasteiger partial charge in [-0.15, -0.1) is 0 Å². The van der Waals surface area contributed by atoms with E-state index in [9.17, 15) is 9.50 Å². The largest absolute Gasteiger partial charge is 0.505 e. The van der Waals surface area contributed by atoms with Gasteiger partial charge in [0.15, 0.2) is 5.75 Å². The maximum Gasteiger partial charge on any atom is 0.152 e. The Kier molecular flexibility index (Phi) is 4.17. The highest BCUT2D eigenvalue weighted by atomic mass is 35.5.